The zero-order valence-electron chi connectivity index (χ0n) is 16.5. The summed E-state index contributed by atoms with van der Waals surface area (Å²) in [4.78, 5) is 12.5. The number of rotatable bonds is 8. The Kier molecular flexibility index (Phi) is 6.61. The number of aliphatic hydroxyl groups excluding tert-OH is 1. The predicted molar refractivity (Wildman–Crippen MR) is 121 cm³/mol. The number of benzene rings is 2. The van der Waals surface area contributed by atoms with E-state index in [9.17, 15) is 9.90 Å². The molecule has 1 aliphatic carbocycles. The highest BCUT2D eigenvalue weighted by Gasteiger charge is 2.41. The van der Waals surface area contributed by atoms with E-state index in [4.69, 9.17) is 21.4 Å². The summed E-state index contributed by atoms with van der Waals surface area (Å²) in [6.07, 6.45) is 2.74. The third-order valence-electron chi connectivity index (χ3n) is 5.97. The van der Waals surface area contributed by atoms with Crippen LogP contribution in [0.5, 0.6) is 5.75 Å². The van der Waals surface area contributed by atoms with Gasteiger partial charge in [0.2, 0.25) is 0 Å². The normalized spacial score (nSPS) is 23.7. The lowest BCUT2D eigenvalue weighted by Gasteiger charge is -2.23. The quantitative estimate of drug-likeness (QED) is 0.443. The Morgan fingerprint density at radius 1 is 1.10 bits per heavy atom. The van der Waals surface area contributed by atoms with Crippen molar-refractivity contribution in [1.82, 2.24) is 0 Å². The number of fused-ring (bicyclic) bond motifs is 1. The number of carboxylic acid groups (broad SMARTS) is 1. The highest BCUT2D eigenvalue weighted by molar-refractivity contribution is 7.13. The van der Waals surface area contributed by atoms with Crippen LogP contribution in [-0.2, 0) is 6.42 Å². The van der Waals surface area contributed by atoms with Crippen molar-refractivity contribution in [3.63, 3.8) is 0 Å². The summed E-state index contributed by atoms with van der Waals surface area (Å²) < 4.78 is 6.06. The largest absolute Gasteiger partial charge is 0.493 e. The topological polar surface area (TPSA) is 66.8 Å². The summed E-state index contributed by atoms with van der Waals surface area (Å²) in [5.74, 6) is 0.104. The van der Waals surface area contributed by atoms with Crippen molar-refractivity contribution in [3.05, 3.63) is 64.4 Å². The van der Waals surface area contributed by atoms with Crippen LogP contribution >= 0.6 is 22.9 Å². The maximum atomic E-state index is 11.0. The fourth-order valence-corrected chi connectivity index (χ4v) is 5.74. The van der Waals surface area contributed by atoms with E-state index in [1.165, 1.54) is 16.7 Å². The van der Waals surface area contributed by atoms with Gasteiger partial charge in [0.25, 0.3) is 0 Å². The number of hydrogen-bond donors (Lipinski definition) is 2. The summed E-state index contributed by atoms with van der Waals surface area (Å²) in [7, 11) is 0. The molecule has 6 heteroatoms. The summed E-state index contributed by atoms with van der Waals surface area (Å²) in [5.41, 5.74) is 0. The van der Waals surface area contributed by atoms with Gasteiger partial charge in [0.1, 0.15) is 10.6 Å². The van der Waals surface area contributed by atoms with E-state index >= 15 is 0 Å². The Morgan fingerprint density at radius 3 is 2.67 bits per heavy atom. The first-order valence-electron chi connectivity index (χ1n) is 10.3. The van der Waals surface area contributed by atoms with E-state index in [2.05, 4.69) is 12.1 Å². The predicted octanol–water partition coefficient (Wildman–Crippen LogP) is 5.61. The number of aryl methyl sites for hydroxylation is 1. The lowest BCUT2D eigenvalue weighted by atomic mass is 9.90. The monoisotopic (exact) mass is 444 g/mol. The van der Waals surface area contributed by atoms with E-state index in [0.29, 0.717) is 17.9 Å². The second kappa shape index (κ2) is 9.38. The van der Waals surface area contributed by atoms with Gasteiger partial charge in [-0.25, -0.2) is 4.79 Å². The molecule has 0 saturated heterocycles. The molecule has 1 fully saturated rings. The van der Waals surface area contributed by atoms with Crippen molar-refractivity contribution in [2.24, 2.45) is 11.8 Å². The molecule has 1 aliphatic rings. The van der Waals surface area contributed by atoms with Crippen LogP contribution in [0.3, 0.4) is 0 Å². The van der Waals surface area contributed by atoms with Gasteiger partial charge in [-0.2, -0.15) is 0 Å². The van der Waals surface area contributed by atoms with E-state index < -0.39 is 12.1 Å². The van der Waals surface area contributed by atoms with E-state index in [1.807, 2.05) is 36.4 Å². The smallest absolute Gasteiger partial charge is 0.345 e. The molecule has 4 atom stereocenters. The van der Waals surface area contributed by atoms with Gasteiger partial charge in [-0.3, -0.25) is 0 Å². The van der Waals surface area contributed by atoms with Crippen LogP contribution in [0.4, 0.5) is 0 Å². The SMILES string of the molecule is O=C(O)c1ccc(CCC[C@@H]2[C@@H](COc3ccc4ccccc4c3)[C@H](O)C[C@H]2Cl)s1. The van der Waals surface area contributed by atoms with Crippen molar-refractivity contribution in [2.45, 2.75) is 37.2 Å². The minimum Gasteiger partial charge on any atom is -0.493 e. The third kappa shape index (κ3) is 4.80. The van der Waals surface area contributed by atoms with Crippen molar-refractivity contribution in [2.75, 3.05) is 6.61 Å². The Morgan fingerprint density at radius 2 is 1.90 bits per heavy atom. The minimum atomic E-state index is -0.878. The van der Waals surface area contributed by atoms with Gasteiger partial charge in [0, 0.05) is 16.2 Å². The van der Waals surface area contributed by atoms with Crippen molar-refractivity contribution in [1.29, 1.82) is 0 Å². The van der Waals surface area contributed by atoms with Crippen LogP contribution in [0.1, 0.15) is 33.8 Å². The van der Waals surface area contributed by atoms with E-state index in [0.717, 1.165) is 35.3 Å². The molecular weight excluding hydrogens is 420 g/mol. The van der Waals surface area contributed by atoms with E-state index in [1.54, 1.807) is 6.07 Å². The molecule has 0 spiro atoms. The fourth-order valence-electron chi connectivity index (χ4n) is 4.35. The number of hydrogen-bond acceptors (Lipinski definition) is 4. The van der Waals surface area contributed by atoms with Gasteiger partial charge in [0.05, 0.1) is 12.7 Å². The van der Waals surface area contributed by atoms with E-state index in [-0.39, 0.29) is 17.2 Å². The molecule has 1 heterocycles. The molecule has 0 unspecified atom stereocenters. The Balaban J connectivity index is 1.35. The Labute approximate surface area is 185 Å². The van der Waals surface area contributed by atoms with Crippen LogP contribution in [0, 0.1) is 11.8 Å². The molecule has 0 bridgehead atoms. The fraction of sp³-hybridized carbons (Fsp3) is 0.375. The first kappa shape index (κ1) is 21.2. The molecule has 2 N–H and O–H groups in total. The van der Waals surface area contributed by atoms with Crippen LogP contribution in [0.2, 0.25) is 0 Å². The average Bonchev–Trinajstić information content (AvgIpc) is 3.31. The molecule has 3 aromatic rings. The lowest BCUT2D eigenvalue weighted by Crippen LogP contribution is -2.27. The molecule has 30 heavy (non-hydrogen) atoms. The number of aliphatic hydroxyl groups is 1. The van der Waals surface area contributed by atoms with Crippen LogP contribution < -0.4 is 4.74 Å². The summed E-state index contributed by atoms with van der Waals surface area (Å²) in [6.45, 7) is 0.440. The molecule has 158 valence electrons. The van der Waals surface area contributed by atoms with Crippen molar-refractivity contribution in [3.8, 4) is 5.75 Å². The summed E-state index contributed by atoms with van der Waals surface area (Å²) >= 11 is 7.89. The van der Waals surface area contributed by atoms with Gasteiger partial charge in [-0.15, -0.1) is 22.9 Å². The van der Waals surface area contributed by atoms with Gasteiger partial charge >= 0.3 is 5.97 Å². The lowest BCUT2D eigenvalue weighted by molar-refractivity contribution is 0.0701. The Bertz CT molecular complexity index is 1020. The van der Waals surface area contributed by atoms with Gasteiger partial charge in [-0.1, -0.05) is 30.3 Å². The molecule has 2 aromatic carbocycles. The number of alkyl halides is 1. The first-order valence-corrected chi connectivity index (χ1v) is 11.5. The third-order valence-corrected chi connectivity index (χ3v) is 7.61. The Hall–Kier alpha value is -2.08. The first-order chi connectivity index (χ1) is 14.5. The number of carboxylic acids is 1. The standard InChI is InChI=1S/C24H25ClO4S/c25-21-13-22(26)20(14-29-17-9-8-15-4-1-2-5-16(15)12-17)19(21)7-3-6-18-10-11-23(30-18)24(27)28/h1-2,4-5,8-12,19-22,26H,3,6-7,13-14H2,(H,27,28)/t19-,20-,21-,22-/m1/s1. The zero-order chi connectivity index (χ0) is 21.1. The van der Waals surface area contributed by atoms with Gasteiger partial charge in [0.15, 0.2) is 0 Å². The van der Waals surface area contributed by atoms with Crippen molar-refractivity contribution < 1.29 is 19.7 Å². The molecular formula is C24H25ClO4S. The summed E-state index contributed by atoms with van der Waals surface area (Å²) in [6, 6.07) is 17.7. The van der Waals surface area contributed by atoms with Crippen LogP contribution in [0.15, 0.2) is 54.6 Å². The number of halogens is 1. The number of thiophene rings is 1. The van der Waals surface area contributed by atoms with Crippen LogP contribution in [-0.4, -0.2) is 34.3 Å². The average molecular weight is 445 g/mol. The van der Waals surface area contributed by atoms with Crippen LogP contribution in [0.25, 0.3) is 10.8 Å². The van der Waals surface area contributed by atoms with Crippen molar-refractivity contribution >= 4 is 39.7 Å². The van der Waals surface area contributed by atoms with Gasteiger partial charge in [-0.05, 0) is 66.6 Å². The molecule has 0 amide bonds. The second-order valence-electron chi connectivity index (χ2n) is 7.93. The second-order valence-corrected chi connectivity index (χ2v) is 9.66. The molecule has 4 nitrogen and oxygen atoms in total. The molecule has 1 aromatic heterocycles. The highest BCUT2D eigenvalue weighted by Crippen LogP contribution is 2.40. The molecule has 0 aliphatic heterocycles. The van der Waals surface area contributed by atoms with Gasteiger partial charge < -0.3 is 14.9 Å². The number of carbonyl (C=O) groups is 1. The zero-order valence-corrected chi connectivity index (χ0v) is 18.1. The summed E-state index contributed by atoms with van der Waals surface area (Å²) in [5, 5.41) is 21.8. The maximum absolute atomic E-state index is 11.0. The maximum Gasteiger partial charge on any atom is 0.345 e. The highest BCUT2D eigenvalue weighted by atomic mass is 35.5. The number of ether oxygens (including phenoxy) is 1. The number of aromatic carboxylic acids is 1. The minimum absolute atomic E-state index is 0.00288. The molecule has 1 saturated carbocycles. The molecule has 0 radical (unpaired) electrons. The molecule has 4 rings (SSSR count).